The average Bonchev–Trinajstić information content (AvgIpc) is 2.72. The van der Waals surface area contributed by atoms with E-state index in [2.05, 4.69) is 6.58 Å². The van der Waals surface area contributed by atoms with Crippen LogP contribution in [-0.2, 0) is 23.9 Å². The largest absolute Gasteiger partial charge is 0.481 e. The van der Waals surface area contributed by atoms with Gasteiger partial charge in [0.15, 0.2) is 22.6 Å². The average molecular weight is 459 g/mol. The zero-order valence-electron chi connectivity index (χ0n) is 20.5. The third kappa shape index (κ3) is 2.78. The fourth-order valence-corrected chi connectivity index (χ4v) is 7.13. The van der Waals surface area contributed by atoms with Crippen molar-refractivity contribution in [3.05, 3.63) is 35.5 Å². The molecule has 33 heavy (non-hydrogen) atoms. The number of Topliss-reactive ketones (excluding diaryl/α,β-unsaturated/α-hetero) is 2. The van der Waals surface area contributed by atoms with E-state index in [1.165, 1.54) is 7.11 Å². The van der Waals surface area contributed by atoms with E-state index in [-0.39, 0.29) is 24.8 Å². The molecule has 2 bridgehead atoms. The van der Waals surface area contributed by atoms with E-state index in [1.54, 1.807) is 19.9 Å². The Bertz CT molecular complexity index is 1030. The van der Waals surface area contributed by atoms with Crippen molar-refractivity contribution >= 4 is 23.5 Å². The molecule has 0 radical (unpaired) electrons. The van der Waals surface area contributed by atoms with E-state index in [9.17, 15) is 29.4 Å². The maximum Gasteiger partial charge on any atom is 0.324 e. The molecule has 0 spiro atoms. The lowest BCUT2D eigenvalue weighted by Crippen LogP contribution is -2.75. The van der Waals surface area contributed by atoms with Gasteiger partial charge in [-0.15, -0.1) is 0 Å². The number of esters is 1. The number of ether oxygens (including phenoxy) is 1. The van der Waals surface area contributed by atoms with Crippen LogP contribution >= 0.6 is 0 Å². The first-order valence-electron chi connectivity index (χ1n) is 11.2. The van der Waals surface area contributed by atoms with Crippen LogP contribution in [0.15, 0.2) is 35.5 Å². The lowest BCUT2D eigenvalue weighted by molar-refractivity contribution is -0.195. The smallest absolute Gasteiger partial charge is 0.324 e. The van der Waals surface area contributed by atoms with Gasteiger partial charge in [0.25, 0.3) is 0 Å². The minimum Gasteiger partial charge on any atom is -0.481 e. The zero-order valence-corrected chi connectivity index (χ0v) is 20.5. The van der Waals surface area contributed by atoms with E-state index < -0.39 is 56.7 Å². The number of hydrogen-bond acceptors (Lipinski definition) is 6. The fraction of sp³-hybridized carbons (Fsp3) is 0.615. The molecule has 3 rings (SSSR count). The minimum atomic E-state index is -2.39. The summed E-state index contributed by atoms with van der Waals surface area (Å²) in [6, 6.07) is 0. The third-order valence-corrected chi connectivity index (χ3v) is 8.86. The molecule has 0 aliphatic heterocycles. The Labute approximate surface area is 194 Å². The third-order valence-electron chi connectivity index (χ3n) is 8.86. The lowest BCUT2D eigenvalue weighted by atomic mass is 9.33. The highest BCUT2D eigenvalue weighted by Crippen LogP contribution is 2.73. The molecule has 3 aliphatic rings. The van der Waals surface area contributed by atoms with Crippen LogP contribution in [0.5, 0.6) is 0 Å². The summed E-state index contributed by atoms with van der Waals surface area (Å²) in [5.41, 5.74) is -5.68. The van der Waals surface area contributed by atoms with E-state index in [0.717, 1.165) is 18.1 Å². The second-order valence-corrected chi connectivity index (χ2v) is 10.9. The van der Waals surface area contributed by atoms with Crippen molar-refractivity contribution < 1.29 is 34.1 Å². The maximum absolute atomic E-state index is 13.9. The molecule has 7 heteroatoms. The molecule has 2 fully saturated rings. The van der Waals surface area contributed by atoms with Gasteiger partial charge in [-0.3, -0.25) is 19.2 Å². The monoisotopic (exact) mass is 458 g/mol. The van der Waals surface area contributed by atoms with E-state index in [1.807, 2.05) is 26.8 Å². The van der Waals surface area contributed by atoms with Gasteiger partial charge in [0.2, 0.25) is 0 Å². The number of hydrogen-bond donors (Lipinski definition) is 2. The highest BCUT2D eigenvalue weighted by Gasteiger charge is 2.79. The van der Waals surface area contributed by atoms with Crippen molar-refractivity contribution in [1.29, 1.82) is 0 Å². The fourth-order valence-electron chi connectivity index (χ4n) is 7.13. The molecule has 0 amide bonds. The Hall–Kier alpha value is -2.54. The summed E-state index contributed by atoms with van der Waals surface area (Å²) in [6.07, 6.45) is 4.00. The van der Waals surface area contributed by atoms with Gasteiger partial charge in [-0.1, -0.05) is 38.2 Å². The Balaban J connectivity index is 2.46. The summed E-state index contributed by atoms with van der Waals surface area (Å²) < 4.78 is 5.15. The van der Waals surface area contributed by atoms with Crippen LogP contribution in [0.3, 0.4) is 0 Å². The topological polar surface area (TPSA) is 118 Å². The summed E-state index contributed by atoms with van der Waals surface area (Å²) in [7, 11) is 1.17. The highest BCUT2D eigenvalue weighted by molar-refractivity contribution is 6.26. The van der Waals surface area contributed by atoms with Crippen LogP contribution in [-0.4, -0.2) is 46.4 Å². The predicted octanol–water partition coefficient (Wildman–Crippen LogP) is 3.41. The summed E-state index contributed by atoms with van der Waals surface area (Å²) in [5, 5.41) is 20.6. The lowest BCUT2D eigenvalue weighted by Gasteiger charge is -2.67. The molecule has 7 nitrogen and oxygen atoms in total. The van der Waals surface area contributed by atoms with Gasteiger partial charge >= 0.3 is 11.9 Å². The van der Waals surface area contributed by atoms with Gasteiger partial charge in [-0.25, -0.2) is 0 Å². The predicted molar refractivity (Wildman–Crippen MR) is 121 cm³/mol. The number of carbonyl (C=O) groups excluding carboxylic acids is 3. The summed E-state index contributed by atoms with van der Waals surface area (Å²) in [5.74, 6) is -3.93. The SMILES string of the molecule is C=C1[C@@]2(C)C[C@@H]3[C@](C)(C=CC(=C(C)C)[C@@]3(C)CCC(=O)O)[C@]1(C(=O)OC)C(=O)[C@@](C)(O)C2=O. The molecule has 0 unspecified atom stereocenters. The van der Waals surface area contributed by atoms with Gasteiger partial charge in [0.1, 0.15) is 0 Å². The molecule has 0 aromatic carbocycles. The number of aliphatic carboxylic acids is 1. The van der Waals surface area contributed by atoms with Crippen molar-refractivity contribution in [2.75, 3.05) is 7.11 Å². The molecular weight excluding hydrogens is 424 g/mol. The quantitative estimate of drug-likeness (QED) is 0.376. The van der Waals surface area contributed by atoms with E-state index in [0.29, 0.717) is 0 Å². The number of rotatable bonds is 4. The molecular formula is C26H34O7. The van der Waals surface area contributed by atoms with Gasteiger partial charge in [-0.05, 0) is 63.0 Å². The molecule has 0 heterocycles. The van der Waals surface area contributed by atoms with Crippen molar-refractivity contribution in [3.63, 3.8) is 0 Å². The highest BCUT2D eigenvalue weighted by atomic mass is 16.5. The number of carboxylic acid groups (broad SMARTS) is 1. The number of allylic oxidation sites excluding steroid dienone is 4. The molecule has 0 aromatic rings. The summed E-state index contributed by atoms with van der Waals surface area (Å²) in [6.45, 7) is 14.4. The maximum atomic E-state index is 13.9. The second kappa shape index (κ2) is 7.23. The van der Waals surface area contributed by atoms with Gasteiger partial charge in [0.05, 0.1) is 12.5 Å². The van der Waals surface area contributed by atoms with Crippen LogP contribution in [0.1, 0.15) is 60.8 Å². The Morgan fingerprint density at radius 1 is 1.15 bits per heavy atom. The number of methoxy groups -OCH3 is 1. The van der Waals surface area contributed by atoms with E-state index >= 15 is 0 Å². The first-order chi connectivity index (χ1) is 15.0. The molecule has 0 saturated heterocycles. The summed E-state index contributed by atoms with van der Waals surface area (Å²) >= 11 is 0. The first kappa shape index (κ1) is 25.1. The van der Waals surface area contributed by atoms with Crippen LogP contribution < -0.4 is 0 Å². The Morgan fingerprint density at radius 2 is 1.73 bits per heavy atom. The zero-order chi connectivity index (χ0) is 25.4. The van der Waals surface area contributed by atoms with Gasteiger partial charge < -0.3 is 14.9 Å². The van der Waals surface area contributed by atoms with Crippen LogP contribution in [0.4, 0.5) is 0 Å². The normalized spacial score (nSPS) is 42.1. The molecule has 2 saturated carbocycles. The van der Waals surface area contributed by atoms with Crippen LogP contribution in [0.2, 0.25) is 0 Å². The number of fused-ring (bicyclic) bond motifs is 4. The first-order valence-corrected chi connectivity index (χ1v) is 11.2. The Morgan fingerprint density at radius 3 is 2.21 bits per heavy atom. The van der Waals surface area contributed by atoms with Gasteiger partial charge in [0, 0.05) is 11.8 Å². The van der Waals surface area contributed by atoms with Crippen LogP contribution in [0.25, 0.3) is 0 Å². The molecule has 6 atom stereocenters. The van der Waals surface area contributed by atoms with Crippen LogP contribution in [0, 0.1) is 27.6 Å². The molecule has 3 aliphatic carbocycles. The number of aliphatic hydroxyl groups is 1. The van der Waals surface area contributed by atoms with Crippen molar-refractivity contribution in [2.24, 2.45) is 27.6 Å². The molecule has 2 N–H and O–H groups in total. The number of ketones is 2. The van der Waals surface area contributed by atoms with E-state index in [4.69, 9.17) is 4.74 Å². The van der Waals surface area contributed by atoms with Gasteiger partial charge in [-0.2, -0.15) is 0 Å². The second-order valence-electron chi connectivity index (χ2n) is 10.9. The molecule has 180 valence electrons. The Kier molecular flexibility index (Phi) is 5.49. The minimum absolute atomic E-state index is 0.115. The number of carboxylic acids is 1. The molecule has 0 aromatic heterocycles. The van der Waals surface area contributed by atoms with Crippen molar-refractivity contribution in [3.8, 4) is 0 Å². The van der Waals surface area contributed by atoms with Crippen molar-refractivity contribution in [1.82, 2.24) is 0 Å². The number of carbonyl (C=O) groups is 4. The standard InChI is InChI=1S/C26H34O7/c1-14(2)16-9-12-24(6)17(22(16,4)11-10-18(27)28)13-23(5)15(3)26(24,21(31)33-8)20(30)25(7,32)19(23)29/h9,12,17,32H,3,10-11,13H2,1-2,4-8H3,(H,27,28)/t17-,22+,23+,24-,25-,26-/m0/s1. The summed E-state index contributed by atoms with van der Waals surface area (Å²) in [4.78, 5) is 52.5. The van der Waals surface area contributed by atoms with Crippen molar-refractivity contribution in [2.45, 2.75) is 66.4 Å².